The molecule has 0 saturated carbocycles. The van der Waals surface area contributed by atoms with Gasteiger partial charge < -0.3 is 5.11 Å². The van der Waals surface area contributed by atoms with Crippen LogP contribution in [0.15, 0.2) is 23.4 Å². The van der Waals surface area contributed by atoms with Crippen LogP contribution in [0, 0.1) is 0 Å². The topological polar surface area (TPSA) is 70.5 Å². The van der Waals surface area contributed by atoms with Crippen molar-refractivity contribution in [3.8, 4) is 0 Å². The van der Waals surface area contributed by atoms with Crippen molar-refractivity contribution in [2.24, 2.45) is 0 Å². The first-order valence-corrected chi connectivity index (χ1v) is 6.41. The van der Waals surface area contributed by atoms with Crippen LogP contribution in [0.5, 0.6) is 0 Å². The van der Waals surface area contributed by atoms with E-state index in [4.69, 9.17) is 16.7 Å². The van der Waals surface area contributed by atoms with Crippen molar-refractivity contribution < 1.29 is 13.5 Å². The van der Waals surface area contributed by atoms with E-state index in [-0.39, 0.29) is 16.5 Å². The number of halogens is 1. The summed E-state index contributed by atoms with van der Waals surface area (Å²) in [6, 6.07) is 1.41. The molecule has 1 unspecified atom stereocenters. The van der Waals surface area contributed by atoms with E-state index in [0.717, 1.165) is 4.31 Å². The highest BCUT2D eigenvalue weighted by Crippen LogP contribution is 2.22. The Morgan fingerprint density at radius 3 is 2.75 bits per heavy atom. The molecule has 90 valence electrons. The molecule has 1 atom stereocenters. The van der Waals surface area contributed by atoms with Gasteiger partial charge in [0.2, 0.25) is 10.0 Å². The van der Waals surface area contributed by atoms with E-state index in [9.17, 15) is 8.42 Å². The number of hydrogen-bond acceptors (Lipinski definition) is 4. The third-order valence-corrected chi connectivity index (χ3v) is 4.24. The predicted octanol–water partition coefficient (Wildman–Crippen LogP) is 0.736. The molecule has 0 aromatic carbocycles. The van der Waals surface area contributed by atoms with Gasteiger partial charge in [-0.1, -0.05) is 11.6 Å². The summed E-state index contributed by atoms with van der Waals surface area (Å²) in [5, 5.41) is 9.27. The Balaban J connectivity index is 3.08. The van der Waals surface area contributed by atoms with E-state index >= 15 is 0 Å². The first-order valence-electron chi connectivity index (χ1n) is 4.59. The smallest absolute Gasteiger partial charge is 0.245 e. The van der Waals surface area contributed by atoms with Gasteiger partial charge in [0.25, 0.3) is 0 Å². The van der Waals surface area contributed by atoms with Gasteiger partial charge in [-0.15, -0.1) is 0 Å². The number of rotatable bonds is 4. The Labute approximate surface area is 99.7 Å². The Morgan fingerprint density at radius 1 is 1.62 bits per heavy atom. The van der Waals surface area contributed by atoms with Gasteiger partial charge in [0.15, 0.2) is 0 Å². The van der Waals surface area contributed by atoms with Gasteiger partial charge in [-0.05, 0) is 13.0 Å². The number of nitrogens with zero attached hydrogens (tertiary/aromatic N) is 2. The van der Waals surface area contributed by atoms with Gasteiger partial charge in [0.05, 0.1) is 11.1 Å². The van der Waals surface area contributed by atoms with Crippen molar-refractivity contribution in [1.82, 2.24) is 9.29 Å². The molecule has 0 spiro atoms. The van der Waals surface area contributed by atoms with Gasteiger partial charge in [-0.25, -0.2) is 8.42 Å². The zero-order valence-electron chi connectivity index (χ0n) is 8.96. The van der Waals surface area contributed by atoms with Crippen LogP contribution >= 0.6 is 11.6 Å². The van der Waals surface area contributed by atoms with Crippen LogP contribution in [0.2, 0.25) is 5.02 Å². The highest BCUT2D eigenvalue weighted by Gasteiger charge is 2.24. The average molecular weight is 265 g/mol. The monoisotopic (exact) mass is 264 g/mol. The SMILES string of the molecule is CC(O)CN(C)S(=O)(=O)c1cnccc1Cl. The Hall–Kier alpha value is -0.690. The average Bonchev–Trinajstić information content (AvgIpc) is 2.16. The normalized spacial score (nSPS) is 14.1. The van der Waals surface area contributed by atoms with Crippen molar-refractivity contribution in [3.63, 3.8) is 0 Å². The van der Waals surface area contributed by atoms with Crippen molar-refractivity contribution in [2.45, 2.75) is 17.9 Å². The molecule has 0 aliphatic heterocycles. The summed E-state index contributed by atoms with van der Waals surface area (Å²) >= 11 is 5.78. The summed E-state index contributed by atoms with van der Waals surface area (Å²) in [5.74, 6) is 0. The second kappa shape index (κ2) is 5.09. The van der Waals surface area contributed by atoms with Crippen LogP contribution in [0.1, 0.15) is 6.92 Å². The number of hydrogen-bond donors (Lipinski definition) is 1. The number of pyridine rings is 1. The van der Waals surface area contributed by atoms with E-state index in [1.54, 1.807) is 0 Å². The fourth-order valence-electron chi connectivity index (χ4n) is 1.19. The van der Waals surface area contributed by atoms with E-state index in [1.165, 1.54) is 32.4 Å². The number of aliphatic hydroxyl groups is 1. The molecule has 1 aromatic heterocycles. The zero-order chi connectivity index (χ0) is 12.3. The maximum atomic E-state index is 12.0. The number of sulfonamides is 1. The molecule has 0 bridgehead atoms. The van der Waals surface area contributed by atoms with Gasteiger partial charge in [-0.2, -0.15) is 4.31 Å². The molecule has 1 heterocycles. The third kappa shape index (κ3) is 2.91. The summed E-state index contributed by atoms with van der Waals surface area (Å²) in [5.41, 5.74) is 0. The highest BCUT2D eigenvalue weighted by atomic mass is 35.5. The van der Waals surface area contributed by atoms with Gasteiger partial charge in [-0.3, -0.25) is 4.98 Å². The summed E-state index contributed by atoms with van der Waals surface area (Å²) in [7, 11) is -2.31. The number of aliphatic hydroxyl groups excluding tert-OH is 1. The standard InChI is InChI=1S/C9H13ClN2O3S/c1-7(13)6-12(2)16(14,15)9-5-11-4-3-8(9)10/h3-5,7,13H,6H2,1-2H3. The lowest BCUT2D eigenvalue weighted by molar-refractivity contribution is 0.171. The molecule has 5 nitrogen and oxygen atoms in total. The first kappa shape index (κ1) is 13.4. The molecule has 1 aromatic rings. The van der Waals surface area contributed by atoms with Crippen LogP contribution in [-0.2, 0) is 10.0 Å². The Morgan fingerprint density at radius 2 is 2.25 bits per heavy atom. The van der Waals surface area contributed by atoms with Crippen LogP contribution in [0.3, 0.4) is 0 Å². The minimum absolute atomic E-state index is 0.00750. The molecule has 0 aliphatic carbocycles. The second-order valence-corrected chi connectivity index (χ2v) is 5.86. The first-order chi connectivity index (χ1) is 7.35. The number of likely N-dealkylation sites (N-methyl/N-ethyl adjacent to an activating group) is 1. The van der Waals surface area contributed by atoms with Crippen molar-refractivity contribution >= 4 is 21.6 Å². The van der Waals surface area contributed by atoms with Crippen LogP contribution in [-0.4, -0.2) is 42.5 Å². The molecule has 0 saturated heterocycles. The van der Waals surface area contributed by atoms with E-state index in [2.05, 4.69) is 4.98 Å². The summed E-state index contributed by atoms with van der Waals surface area (Å²) in [6.45, 7) is 1.52. The summed E-state index contributed by atoms with van der Waals surface area (Å²) in [6.07, 6.45) is 1.86. The summed E-state index contributed by atoms with van der Waals surface area (Å²) in [4.78, 5) is 3.66. The van der Waals surface area contributed by atoms with Crippen LogP contribution < -0.4 is 0 Å². The van der Waals surface area contributed by atoms with Crippen molar-refractivity contribution in [1.29, 1.82) is 0 Å². The zero-order valence-corrected chi connectivity index (χ0v) is 10.5. The van der Waals surface area contributed by atoms with E-state index < -0.39 is 16.1 Å². The van der Waals surface area contributed by atoms with E-state index in [1.807, 2.05) is 0 Å². The maximum Gasteiger partial charge on any atom is 0.245 e. The van der Waals surface area contributed by atoms with Gasteiger partial charge >= 0.3 is 0 Å². The lowest BCUT2D eigenvalue weighted by atomic mass is 10.4. The Bertz CT molecular complexity index is 462. The van der Waals surface area contributed by atoms with Crippen molar-refractivity contribution in [3.05, 3.63) is 23.5 Å². The molecule has 7 heteroatoms. The quantitative estimate of drug-likeness (QED) is 0.871. The molecule has 0 aliphatic rings. The molecular formula is C9H13ClN2O3S. The molecule has 0 amide bonds. The predicted molar refractivity (Wildman–Crippen MR) is 60.7 cm³/mol. The van der Waals surface area contributed by atoms with Crippen molar-refractivity contribution in [2.75, 3.05) is 13.6 Å². The maximum absolute atomic E-state index is 12.0. The third-order valence-electron chi connectivity index (χ3n) is 1.94. The summed E-state index contributed by atoms with van der Waals surface area (Å²) < 4.78 is 25.0. The van der Waals surface area contributed by atoms with E-state index in [0.29, 0.717) is 0 Å². The molecular weight excluding hydrogens is 252 g/mol. The largest absolute Gasteiger partial charge is 0.392 e. The molecule has 16 heavy (non-hydrogen) atoms. The minimum Gasteiger partial charge on any atom is -0.392 e. The molecule has 1 rings (SSSR count). The second-order valence-electron chi connectivity index (χ2n) is 3.44. The lowest BCUT2D eigenvalue weighted by Gasteiger charge is -2.18. The lowest BCUT2D eigenvalue weighted by Crippen LogP contribution is -2.33. The molecule has 0 fully saturated rings. The van der Waals surface area contributed by atoms with Gasteiger partial charge in [0, 0.05) is 26.0 Å². The fraction of sp³-hybridized carbons (Fsp3) is 0.444. The van der Waals surface area contributed by atoms with Gasteiger partial charge in [0.1, 0.15) is 4.90 Å². The highest BCUT2D eigenvalue weighted by molar-refractivity contribution is 7.89. The fourth-order valence-corrected chi connectivity index (χ4v) is 2.84. The van der Waals surface area contributed by atoms with Crippen LogP contribution in [0.4, 0.5) is 0 Å². The molecule has 1 N–H and O–H groups in total. The minimum atomic E-state index is -3.69. The molecule has 0 radical (unpaired) electrons. The Kier molecular flexibility index (Phi) is 4.26. The number of aromatic nitrogens is 1. The van der Waals surface area contributed by atoms with Crippen LogP contribution in [0.25, 0.3) is 0 Å².